The van der Waals surface area contributed by atoms with E-state index in [1.807, 2.05) is 0 Å². The van der Waals surface area contributed by atoms with Crippen molar-refractivity contribution >= 4 is 52.2 Å². The Morgan fingerprint density at radius 2 is 1.89 bits per heavy atom. The van der Waals surface area contributed by atoms with Gasteiger partial charge in [-0.05, 0) is 25.0 Å². The van der Waals surface area contributed by atoms with Crippen LogP contribution in [0.5, 0.6) is 5.75 Å². The molecule has 1 fully saturated rings. The molecule has 0 bridgehead atoms. The number of rotatable bonds is 10. The number of carbonyl (C=O) groups excluding carboxylic acids is 1. The quantitative estimate of drug-likeness (QED) is 0.345. The van der Waals surface area contributed by atoms with Gasteiger partial charge in [0.05, 0.1) is 4.91 Å². The van der Waals surface area contributed by atoms with Crippen LogP contribution in [0.2, 0.25) is 0 Å². The van der Waals surface area contributed by atoms with E-state index in [1.54, 1.807) is 30.3 Å². The van der Waals surface area contributed by atoms with Crippen LogP contribution in [-0.2, 0) is 14.4 Å². The Morgan fingerprint density at radius 1 is 1.15 bits per heavy atom. The molecule has 0 radical (unpaired) electrons. The van der Waals surface area contributed by atoms with E-state index >= 15 is 0 Å². The number of amides is 1. The number of carbonyl (C=O) groups is 3. The highest BCUT2D eigenvalue weighted by Gasteiger charge is 2.31. The van der Waals surface area contributed by atoms with Crippen LogP contribution >= 0.6 is 24.0 Å². The van der Waals surface area contributed by atoms with Crippen LogP contribution in [0.4, 0.5) is 0 Å². The molecule has 2 rings (SSSR count). The van der Waals surface area contributed by atoms with Crippen molar-refractivity contribution in [1.82, 2.24) is 4.90 Å². The number of ether oxygens (including phenoxy) is 1. The first kappa shape index (κ1) is 20.9. The van der Waals surface area contributed by atoms with E-state index in [1.165, 1.54) is 16.7 Å². The van der Waals surface area contributed by atoms with Gasteiger partial charge in [0, 0.05) is 18.5 Å². The van der Waals surface area contributed by atoms with Gasteiger partial charge in [0.15, 0.2) is 6.61 Å². The molecule has 7 nitrogen and oxygen atoms in total. The number of carboxylic acid groups (broad SMARTS) is 2. The number of thiocarbonyl (C=S) groups is 1. The summed E-state index contributed by atoms with van der Waals surface area (Å²) in [4.78, 5) is 35.7. The summed E-state index contributed by atoms with van der Waals surface area (Å²) in [6.07, 6.45) is 3.69. The molecule has 9 heteroatoms. The summed E-state index contributed by atoms with van der Waals surface area (Å²) >= 11 is 6.45. The van der Waals surface area contributed by atoms with Crippen molar-refractivity contribution in [2.75, 3.05) is 13.2 Å². The van der Waals surface area contributed by atoms with Crippen molar-refractivity contribution in [3.8, 4) is 5.75 Å². The fraction of sp³-hybridized carbons (Fsp3) is 0.333. The van der Waals surface area contributed by atoms with Gasteiger partial charge in [-0.2, -0.15) is 0 Å². The Hall–Kier alpha value is -2.39. The smallest absolute Gasteiger partial charge is 0.341 e. The maximum atomic E-state index is 12.6. The van der Waals surface area contributed by atoms with E-state index in [-0.39, 0.29) is 12.3 Å². The lowest BCUT2D eigenvalue weighted by atomic mass is 10.1. The van der Waals surface area contributed by atoms with Gasteiger partial charge >= 0.3 is 11.9 Å². The minimum Gasteiger partial charge on any atom is -0.481 e. The van der Waals surface area contributed by atoms with E-state index in [2.05, 4.69) is 0 Å². The number of benzene rings is 1. The summed E-state index contributed by atoms with van der Waals surface area (Å²) in [6, 6.07) is 6.85. The number of thioether (sulfide) groups is 1. The second kappa shape index (κ2) is 10.1. The van der Waals surface area contributed by atoms with Gasteiger partial charge in [-0.25, -0.2) is 4.79 Å². The van der Waals surface area contributed by atoms with Crippen LogP contribution in [-0.4, -0.2) is 50.4 Å². The Bertz CT molecular complexity index is 777. The van der Waals surface area contributed by atoms with E-state index in [0.29, 0.717) is 46.3 Å². The number of hydrogen-bond donors (Lipinski definition) is 2. The predicted octanol–water partition coefficient (Wildman–Crippen LogP) is 3.00. The van der Waals surface area contributed by atoms with Gasteiger partial charge in [0.1, 0.15) is 10.1 Å². The molecular formula is C18H19NO6S2. The van der Waals surface area contributed by atoms with E-state index in [4.69, 9.17) is 27.2 Å². The van der Waals surface area contributed by atoms with Crippen LogP contribution in [0.1, 0.15) is 31.2 Å². The highest BCUT2D eigenvalue weighted by Crippen LogP contribution is 2.34. The van der Waals surface area contributed by atoms with Crippen molar-refractivity contribution in [3.05, 3.63) is 34.7 Å². The lowest BCUT2D eigenvalue weighted by Gasteiger charge is -2.13. The zero-order valence-corrected chi connectivity index (χ0v) is 16.1. The maximum Gasteiger partial charge on any atom is 0.341 e. The normalized spacial score (nSPS) is 15.4. The summed E-state index contributed by atoms with van der Waals surface area (Å²) < 4.78 is 5.70. The molecule has 144 valence electrons. The lowest BCUT2D eigenvalue weighted by Crippen LogP contribution is -2.29. The molecule has 1 aliphatic heterocycles. The largest absolute Gasteiger partial charge is 0.481 e. The predicted molar refractivity (Wildman–Crippen MR) is 106 cm³/mol. The van der Waals surface area contributed by atoms with Crippen molar-refractivity contribution in [2.24, 2.45) is 0 Å². The van der Waals surface area contributed by atoms with Crippen LogP contribution < -0.4 is 4.74 Å². The van der Waals surface area contributed by atoms with Gasteiger partial charge < -0.3 is 14.9 Å². The Labute approximate surface area is 166 Å². The van der Waals surface area contributed by atoms with Crippen molar-refractivity contribution in [2.45, 2.75) is 25.7 Å². The first-order chi connectivity index (χ1) is 12.9. The molecular weight excluding hydrogens is 390 g/mol. The highest BCUT2D eigenvalue weighted by molar-refractivity contribution is 8.26. The van der Waals surface area contributed by atoms with E-state index < -0.39 is 18.5 Å². The minimum atomic E-state index is -1.08. The van der Waals surface area contributed by atoms with E-state index in [0.717, 1.165) is 0 Å². The summed E-state index contributed by atoms with van der Waals surface area (Å²) in [5.74, 6) is -1.75. The highest BCUT2D eigenvalue weighted by atomic mass is 32.2. The van der Waals surface area contributed by atoms with Crippen LogP contribution in [0.3, 0.4) is 0 Å². The molecule has 0 spiro atoms. The molecule has 1 amide bonds. The van der Waals surface area contributed by atoms with Gasteiger partial charge in [-0.1, -0.05) is 48.6 Å². The molecule has 1 aromatic rings. The third-order valence-electron chi connectivity index (χ3n) is 3.70. The SMILES string of the molecule is O=C(O)CCCCCN1C(=O)/C(=C/c2ccccc2OCC(=O)O)SC1=S. The average molecular weight is 409 g/mol. The molecule has 0 atom stereocenters. The fourth-order valence-electron chi connectivity index (χ4n) is 2.43. The molecule has 1 aromatic carbocycles. The van der Waals surface area contributed by atoms with Crippen LogP contribution in [0.25, 0.3) is 6.08 Å². The number of aliphatic carboxylic acids is 2. The minimum absolute atomic E-state index is 0.116. The first-order valence-corrected chi connectivity index (χ1v) is 9.51. The van der Waals surface area contributed by atoms with Gasteiger partial charge in [-0.3, -0.25) is 14.5 Å². The summed E-state index contributed by atoms with van der Waals surface area (Å²) in [5, 5.41) is 17.4. The van der Waals surface area contributed by atoms with Gasteiger partial charge in [0.25, 0.3) is 5.91 Å². The van der Waals surface area contributed by atoms with Crippen molar-refractivity contribution in [3.63, 3.8) is 0 Å². The third kappa shape index (κ3) is 6.37. The average Bonchev–Trinajstić information content (AvgIpc) is 2.87. The molecule has 0 saturated carbocycles. The number of unbranched alkanes of at least 4 members (excludes halogenated alkanes) is 2. The summed E-state index contributed by atoms with van der Waals surface area (Å²) in [5.41, 5.74) is 0.598. The standard InChI is InChI=1S/C18H19NO6S2/c20-15(21)8-2-1-5-9-19-17(24)14(27-18(19)26)10-12-6-3-4-7-13(12)25-11-16(22)23/h3-4,6-7,10H,1-2,5,8-9,11H2,(H,20,21)(H,22,23)/b14-10-. The second-order valence-electron chi connectivity index (χ2n) is 5.76. The zero-order valence-electron chi connectivity index (χ0n) is 14.4. The summed E-state index contributed by atoms with van der Waals surface area (Å²) in [6.45, 7) is -0.0268. The van der Waals surface area contributed by atoms with E-state index in [9.17, 15) is 14.4 Å². The molecule has 0 aromatic heterocycles. The molecule has 1 heterocycles. The molecule has 1 aliphatic rings. The first-order valence-electron chi connectivity index (χ1n) is 8.29. The molecule has 2 N–H and O–H groups in total. The zero-order chi connectivity index (χ0) is 19.8. The Balaban J connectivity index is 2.01. The molecule has 0 aliphatic carbocycles. The van der Waals surface area contributed by atoms with Crippen LogP contribution in [0.15, 0.2) is 29.2 Å². The molecule has 1 saturated heterocycles. The number of carboxylic acids is 2. The summed E-state index contributed by atoms with van der Waals surface area (Å²) in [7, 11) is 0. The Kier molecular flexibility index (Phi) is 7.81. The molecule has 0 unspecified atom stereocenters. The van der Waals surface area contributed by atoms with Crippen molar-refractivity contribution < 1.29 is 29.3 Å². The third-order valence-corrected chi connectivity index (χ3v) is 5.08. The monoisotopic (exact) mass is 409 g/mol. The van der Waals surface area contributed by atoms with Gasteiger partial charge in [0.2, 0.25) is 0 Å². The van der Waals surface area contributed by atoms with Crippen LogP contribution in [0, 0.1) is 0 Å². The number of para-hydroxylation sites is 1. The number of hydrogen-bond acceptors (Lipinski definition) is 6. The van der Waals surface area contributed by atoms with Gasteiger partial charge in [-0.15, -0.1) is 0 Å². The number of nitrogens with zero attached hydrogens (tertiary/aromatic N) is 1. The lowest BCUT2D eigenvalue weighted by molar-refractivity contribution is -0.139. The Morgan fingerprint density at radius 3 is 2.59 bits per heavy atom. The van der Waals surface area contributed by atoms with Crippen molar-refractivity contribution in [1.29, 1.82) is 0 Å². The maximum absolute atomic E-state index is 12.6. The molecule has 27 heavy (non-hydrogen) atoms. The fourth-order valence-corrected chi connectivity index (χ4v) is 3.73. The second-order valence-corrected chi connectivity index (χ2v) is 7.43. The topological polar surface area (TPSA) is 104 Å².